The molecule has 1 unspecified atom stereocenters. The molecule has 0 heterocycles. The Morgan fingerprint density at radius 2 is 1.82 bits per heavy atom. The van der Waals surface area contributed by atoms with E-state index in [2.05, 4.69) is 56.2 Å². The Labute approximate surface area is 118 Å². The number of nitrogens with zero attached hydrogens (tertiary/aromatic N) is 1. The molecule has 0 aliphatic carbocycles. The number of hydrogen-bond acceptors (Lipinski definition) is 1. The zero-order valence-electron chi connectivity index (χ0n) is 11.7. The molecule has 0 bridgehead atoms. The Bertz CT molecular complexity index is 321. The quantitative estimate of drug-likeness (QED) is 0.299. The molecule has 1 nitrogen and oxygen atoms in total. The molecular weight excluding hydrogens is 201 g/mol. The van der Waals surface area contributed by atoms with Crippen molar-refractivity contribution in [3.05, 3.63) is 35.9 Å². The van der Waals surface area contributed by atoms with Crippen LogP contribution < -0.4 is 18.9 Å². The summed E-state index contributed by atoms with van der Waals surface area (Å²) in [5.74, 6) is 0. The molecule has 0 aliphatic heterocycles. The smallest absolute Gasteiger partial charge is 0.494 e. The van der Waals surface area contributed by atoms with Crippen molar-refractivity contribution in [3.8, 4) is 0 Å². The second-order valence-corrected chi connectivity index (χ2v) is 4.37. The van der Waals surface area contributed by atoms with E-state index in [-0.39, 0.29) is 24.4 Å². The monoisotopic (exact) mass is 223 g/mol. The molecule has 1 rings (SSSR count). The Morgan fingerprint density at radius 1 is 1.18 bits per heavy atom. The Kier molecular flexibility index (Phi) is 8.30. The molecule has 2 heteroatoms. The topological polar surface area (TPSA) is 12.4 Å². The summed E-state index contributed by atoms with van der Waals surface area (Å²) < 4.78 is 0. The van der Waals surface area contributed by atoms with Gasteiger partial charge in [0.25, 0.3) is 0 Å². The first-order valence-electron chi connectivity index (χ1n) is 6.23. The van der Waals surface area contributed by atoms with Gasteiger partial charge in [-0.2, -0.15) is 6.42 Å². The zero-order chi connectivity index (χ0) is 11.9. The van der Waals surface area contributed by atoms with Crippen molar-refractivity contribution in [3.63, 3.8) is 0 Å². The van der Waals surface area contributed by atoms with Crippen molar-refractivity contribution in [1.29, 1.82) is 0 Å². The molecule has 1 aromatic rings. The summed E-state index contributed by atoms with van der Waals surface area (Å²) in [6.07, 6.45) is 7.57. The van der Waals surface area contributed by atoms with Crippen LogP contribution in [0.5, 0.6) is 0 Å². The molecule has 88 valence electrons. The van der Waals surface area contributed by atoms with Crippen molar-refractivity contribution >= 4 is 6.21 Å². The third-order valence-corrected chi connectivity index (χ3v) is 3.05. The number of hydrogen-bond donors (Lipinski definition) is 0. The van der Waals surface area contributed by atoms with Gasteiger partial charge in [-0.1, -0.05) is 57.0 Å². The van der Waals surface area contributed by atoms with Gasteiger partial charge in [0.1, 0.15) is 0 Å². The van der Waals surface area contributed by atoms with Crippen molar-refractivity contribution in [2.75, 3.05) is 0 Å². The van der Waals surface area contributed by atoms with Gasteiger partial charge in [-0.05, 0) is 18.9 Å². The number of rotatable bonds is 6. The maximum absolute atomic E-state index is 4.63. The summed E-state index contributed by atoms with van der Waals surface area (Å²) in [5, 5.41) is 0. The first-order valence-corrected chi connectivity index (χ1v) is 6.23. The predicted molar refractivity (Wildman–Crippen MR) is 71.0 cm³/mol. The Morgan fingerprint density at radius 3 is 2.35 bits per heavy atom. The van der Waals surface area contributed by atoms with E-state index in [0.29, 0.717) is 0 Å². The van der Waals surface area contributed by atoms with E-state index >= 15 is 0 Å². The van der Waals surface area contributed by atoms with Crippen LogP contribution in [0.4, 0.5) is 0 Å². The molecule has 0 amide bonds. The van der Waals surface area contributed by atoms with E-state index in [1.165, 1.54) is 18.4 Å². The predicted octanol–water partition coefficient (Wildman–Crippen LogP) is 1.45. The average molecular weight is 223 g/mol. The molecule has 0 fully saturated rings. The molecule has 17 heavy (non-hydrogen) atoms. The summed E-state index contributed by atoms with van der Waals surface area (Å²) in [5.41, 5.74) is 1.18. The van der Waals surface area contributed by atoms with Crippen LogP contribution >= 0.6 is 0 Å². The fraction of sp³-hybridized carbons (Fsp3) is 0.533. The minimum atomic E-state index is -0.102. The zero-order valence-corrected chi connectivity index (χ0v) is 11.7. The van der Waals surface area contributed by atoms with Gasteiger partial charge in [-0.3, -0.25) is 0 Å². The standard InChI is InChI=1S/C15H22N.Li/c1-4-6-10-13-16-15(3,5-2)14-11-8-7-9-12-14;/h7-9,11-12H,4-6,10H2,1-3H3;/q-1;+1. The molecule has 0 aromatic heterocycles. The molecule has 0 spiro atoms. The molecule has 0 saturated carbocycles. The van der Waals surface area contributed by atoms with E-state index in [4.69, 9.17) is 0 Å². The molecule has 1 atom stereocenters. The number of aliphatic imine (C=N–C) groups is 1. The summed E-state index contributed by atoms with van der Waals surface area (Å²) in [6, 6.07) is 10.5. The van der Waals surface area contributed by atoms with Crippen molar-refractivity contribution in [2.45, 2.75) is 52.0 Å². The Balaban J connectivity index is 0.00000256. The minimum absolute atomic E-state index is 0. The van der Waals surface area contributed by atoms with Gasteiger partial charge in [0.05, 0.1) is 0 Å². The second kappa shape index (κ2) is 8.56. The minimum Gasteiger partial charge on any atom is -0.494 e. The first kappa shape index (κ1) is 16.5. The SMILES string of the molecule is CCCC[C-]=NC(C)(CC)c1ccccc1.[Li+]. The molecule has 1 aromatic carbocycles. The summed E-state index contributed by atoms with van der Waals surface area (Å²) in [4.78, 5) is 4.63. The molecular formula is C15H22LiN. The molecule has 0 aliphatic rings. The van der Waals surface area contributed by atoms with Crippen LogP contribution in [0.3, 0.4) is 0 Å². The van der Waals surface area contributed by atoms with Crippen LogP contribution in [-0.4, -0.2) is 6.21 Å². The van der Waals surface area contributed by atoms with Crippen LogP contribution in [0.1, 0.15) is 52.0 Å². The van der Waals surface area contributed by atoms with E-state index < -0.39 is 0 Å². The van der Waals surface area contributed by atoms with Crippen LogP contribution in [0.25, 0.3) is 0 Å². The number of unbranched alkanes of at least 4 members (excludes halogenated alkanes) is 2. The van der Waals surface area contributed by atoms with Crippen molar-refractivity contribution in [1.82, 2.24) is 0 Å². The van der Waals surface area contributed by atoms with Gasteiger partial charge in [0.15, 0.2) is 0 Å². The molecule has 0 saturated heterocycles. The average Bonchev–Trinajstić information content (AvgIpc) is 2.35. The van der Waals surface area contributed by atoms with E-state index in [9.17, 15) is 0 Å². The maximum atomic E-state index is 4.63. The fourth-order valence-corrected chi connectivity index (χ4v) is 1.63. The third kappa shape index (κ3) is 5.11. The van der Waals surface area contributed by atoms with Gasteiger partial charge in [-0.15, -0.1) is 0 Å². The first-order chi connectivity index (χ1) is 7.73. The van der Waals surface area contributed by atoms with E-state index in [1.807, 2.05) is 6.07 Å². The second-order valence-electron chi connectivity index (χ2n) is 4.37. The van der Waals surface area contributed by atoms with Crippen LogP contribution in [0.15, 0.2) is 35.3 Å². The third-order valence-electron chi connectivity index (χ3n) is 3.05. The molecule has 0 N–H and O–H groups in total. The van der Waals surface area contributed by atoms with Crippen molar-refractivity contribution < 1.29 is 18.9 Å². The summed E-state index contributed by atoms with van der Waals surface area (Å²) in [7, 11) is 0. The van der Waals surface area contributed by atoms with E-state index in [1.54, 1.807) is 0 Å². The van der Waals surface area contributed by atoms with Crippen LogP contribution in [-0.2, 0) is 5.54 Å². The maximum Gasteiger partial charge on any atom is 1.00 e. The summed E-state index contributed by atoms with van der Waals surface area (Å²) in [6.45, 7) is 6.55. The van der Waals surface area contributed by atoms with Gasteiger partial charge < -0.3 is 11.2 Å². The van der Waals surface area contributed by atoms with E-state index in [0.717, 1.165) is 12.8 Å². The largest absolute Gasteiger partial charge is 1.00 e. The van der Waals surface area contributed by atoms with Gasteiger partial charge >= 0.3 is 18.9 Å². The fourth-order valence-electron chi connectivity index (χ4n) is 1.63. The van der Waals surface area contributed by atoms with Gasteiger partial charge in [0.2, 0.25) is 0 Å². The normalized spacial score (nSPS) is 14.3. The van der Waals surface area contributed by atoms with Crippen LogP contribution in [0, 0.1) is 0 Å². The van der Waals surface area contributed by atoms with Crippen molar-refractivity contribution in [2.24, 2.45) is 4.99 Å². The Hall–Kier alpha value is -0.513. The van der Waals surface area contributed by atoms with Crippen LogP contribution in [0.2, 0.25) is 0 Å². The van der Waals surface area contributed by atoms with Gasteiger partial charge in [-0.25, -0.2) is 0 Å². The summed E-state index contributed by atoms with van der Waals surface area (Å²) >= 11 is 0. The van der Waals surface area contributed by atoms with Gasteiger partial charge in [0, 0.05) is 5.54 Å². The number of benzene rings is 1. The molecule has 0 radical (unpaired) electrons.